The molecule has 3 aliphatic rings. The number of rotatable bonds is 2. The molecule has 5 heteroatoms. The van der Waals surface area contributed by atoms with Gasteiger partial charge in [0.15, 0.2) is 0 Å². The highest BCUT2D eigenvalue weighted by Crippen LogP contribution is 2.46. The standard InChI is InChI=1S/C47H55BN2O2/c1-31-27-41-44-42(28-31)50(37-21-16-34(17-22-37)46(6,7)8)43-30-51-25-12-26-52-32(2)13-23-38(43)48(44)39-29-35(47(9,10)11)18-24-40(39)49(41)36-19-14-33(15-20-36)45(3,4)5/h13-24,27-29H,2,12,25-26,30H2,1,3-11H3/b23-13-. The van der Waals surface area contributed by atoms with Crippen molar-refractivity contribution in [3.05, 3.63) is 137 Å². The fourth-order valence-corrected chi connectivity index (χ4v) is 7.83. The summed E-state index contributed by atoms with van der Waals surface area (Å²) in [6, 6.07) is 30.2. The van der Waals surface area contributed by atoms with Crippen molar-refractivity contribution in [1.82, 2.24) is 0 Å². The summed E-state index contributed by atoms with van der Waals surface area (Å²) in [5, 5.41) is 0. The van der Waals surface area contributed by atoms with Gasteiger partial charge < -0.3 is 19.3 Å². The molecule has 0 amide bonds. The van der Waals surface area contributed by atoms with E-state index in [1.54, 1.807) is 0 Å². The summed E-state index contributed by atoms with van der Waals surface area (Å²) in [6.45, 7) is 28.7. The van der Waals surface area contributed by atoms with Crippen molar-refractivity contribution in [2.45, 2.75) is 91.9 Å². The van der Waals surface area contributed by atoms with E-state index in [9.17, 15) is 0 Å². The van der Waals surface area contributed by atoms with Crippen LogP contribution in [0.1, 0.15) is 91.0 Å². The van der Waals surface area contributed by atoms with Crippen LogP contribution in [-0.4, -0.2) is 26.5 Å². The van der Waals surface area contributed by atoms with Crippen molar-refractivity contribution in [2.75, 3.05) is 29.6 Å². The van der Waals surface area contributed by atoms with Crippen molar-refractivity contribution >= 4 is 46.1 Å². The summed E-state index contributed by atoms with van der Waals surface area (Å²) in [4.78, 5) is 4.96. The quantitative estimate of drug-likeness (QED) is 0.196. The Kier molecular flexibility index (Phi) is 9.10. The smallest absolute Gasteiger partial charge is 0.251 e. The van der Waals surface area contributed by atoms with Crippen molar-refractivity contribution in [3.8, 4) is 0 Å². The zero-order chi connectivity index (χ0) is 37.2. The molecule has 0 bridgehead atoms. The molecule has 0 unspecified atom stereocenters. The lowest BCUT2D eigenvalue weighted by atomic mass is 9.32. The molecular weight excluding hydrogens is 635 g/mol. The fourth-order valence-electron chi connectivity index (χ4n) is 7.83. The van der Waals surface area contributed by atoms with Crippen molar-refractivity contribution < 1.29 is 9.47 Å². The topological polar surface area (TPSA) is 24.9 Å². The summed E-state index contributed by atoms with van der Waals surface area (Å²) < 4.78 is 12.6. The van der Waals surface area contributed by atoms with E-state index in [0.717, 1.165) is 23.5 Å². The molecule has 0 aliphatic carbocycles. The Morgan fingerprint density at radius 3 is 1.73 bits per heavy atom. The largest absolute Gasteiger partial charge is 0.494 e. The SMILES string of the molecule is C=C1/C=C\C2=C(COCCCO1)N(c1ccc(C(C)(C)C)cc1)c1cc(C)cc3c1B2c1cc(C(C)(C)C)ccc1N3c1ccc(C(C)(C)C)cc1. The number of nitrogens with zero attached hydrogens (tertiary/aromatic N) is 2. The van der Waals surface area contributed by atoms with E-state index in [0.29, 0.717) is 25.6 Å². The van der Waals surface area contributed by atoms with Crippen LogP contribution in [0.25, 0.3) is 0 Å². The Morgan fingerprint density at radius 2 is 1.15 bits per heavy atom. The van der Waals surface area contributed by atoms with Crippen LogP contribution >= 0.6 is 0 Å². The second-order valence-electron chi connectivity index (χ2n) is 17.9. The first-order valence-corrected chi connectivity index (χ1v) is 18.9. The Labute approximate surface area is 312 Å². The maximum Gasteiger partial charge on any atom is 0.251 e. The van der Waals surface area contributed by atoms with Crippen LogP contribution in [0.2, 0.25) is 0 Å². The molecule has 52 heavy (non-hydrogen) atoms. The van der Waals surface area contributed by atoms with E-state index < -0.39 is 0 Å². The molecule has 0 spiro atoms. The third kappa shape index (κ3) is 6.65. The zero-order valence-corrected chi connectivity index (χ0v) is 33.0. The third-order valence-electron chi connectivity index (χ3n) is 10.8. The monoisotopic (exact) mass is 690 g/mol. The van der Waals surface area contributed by atoms with Crippen LogP contribution < -0.4 is 20.7 Å². The maximum atomic E-state index is 6.53. The minimum Gasteiger partial charge on any atom is -0.494 e. The van der Waals surface area contributed by atoms with Crippen LogP contribution in [0.5, 0.6) is 0 Å². The number of allylic oxidation sites excluding steroid dienone is 3. The molecule has 0 saturated heterocycles. The van der Waals surface area contributed by atoms with Gasteiger partial charge in [0.25, 0.3) is 6.71 Å². The normalized spacial score (nSPS) is 17.2. The van der Waals surface area contributed by atoms with Crippen molar-refractivity contribution in [1.29, 1.82) is 0 Å². The van der Waals surface area contributed by atoms with Crippen molar-refractivity contribution in [3.63, 3.8) is 0 Å². The van der Waals surface area contributed by atoms with Gasteiger partial charge in [0, 0.05) is 40.6 Å². The number of aryl methyl sites for hydroxylation is 1. The Bertz CT molecular complexity index is 2070. The van der Waals surface area contributed by atoms with Gasteiger partial charge in [0.2, 0.25) is 0 Å². The highest BCUT2D eigenvalue weighted by Gasteiger charge is 2.44. The fraction of sp³-hybridized carbons (Fsp3) is 0.362. The Hall–Kier alpha value is -4.48. The summed E-state index contributed by atoms with van der Waals surface area (Å²) in [5.41, 5.74) is 16.1. The lowest BCUT2D eigenvalue weighted by Gasteiger charge is -2.45. The second-order valence-corrected chi connectivity index (χ2v) is 17.9. The first-order valence-electron chi connectivity index (χ1n) is 18.9. The molecule has 3 heterocycles. The highest BCUT2D eigenvalue weighted by atomic mass is 16.5. The van der Waals surface area contributed by atoms with E-state index in [2.05, 4.69) is 177 Å². The minimum absolute atomic E-state index is 0.0212. The van der Waals surface area contributed by atoms with Gasteiger partial charge in [0.05, 0.1) is 19.8 Å². The molecule has 0 N–H and O–H groups in total. The number of hydrogen-bond donors (Lipinski definition) is 0. The summed E-state index contributed by atoms with van der Waals surface area (Å²) >= 11 is 0. The average Bonchev–Trinajstić information content (AvgIpc) is 3.11. The van der Waals surface area contributed by atoms with E-state index >= 15 is 0 Å². The summed E-state index contributed by atoms with van der Waals surface area (Å²) in [5.74, 6) is 0.671. The van der Waals surface area contributed by atoms with Gasteiger partial charge in [-0.3, -0.25) is 0 Å². The Morgan fingerprint density at radius 1 is 0.615 bits per heavy atom. The third-order valence-corrected chi connectivity index (χ3v) is 10.8. The number of ether oxygens (including phenoxy) is 2. The average molecular weight is 691 g/mol. The molecule has 4 aromatic carbocycles. The Balaban J connectivity index is 1.56. The molecule has 7 rings (SSSR count). The van der Waals surface area contributed by atoms with E-state index in [-0.39, 0.29) is 23.0 Å². The molecule has 268 valence electrons. The first-order chi connectivity index (χ1) is 24.5. The molecular formula is C47H55BN2O2. The van der Waals surface area contributed by atoms with E-state index in [1.165, 1.54) is 55.7 Å². The van der Waals surface area contributed by atoms with Crippen LogP contribution in [0.4, 0.5) is 28.4 Å². The van der Waals surface area contributed by atoms with Gasteiger partial charge in [-0.1, -0.05) is 111 Å². The predicted molar refractivity (Wildman–Crippen MR) is 222 cm³/mol. The lowest BCUT2D eigenvalue weighted by molar-refractivity contribution is 0.124. The van der Waals surface area contributed by atoms with Crippen LogP contribution in [0.3, 0.4) is 0 Å². The van der Waals surface area contributed by atoms with Gasteiger partial charge in [-0.05, 0) is 110 Å². The summed E-state index contributed by atoms with van der Waals surface area (Å²) in [7, 11) is 0. The first kappa shape index (κ1) is 35.9. The van der Waals surface area contributed by atoms with Crippen LogP contribution in [0, 0.1) is 6.92 Å². The van der Waals surface area contributed by atoms with Crippen molar-refractivity contribution in [2.24, 2.45) is 0 Å². The molecule has 4 aromatic rings. The second kappa shape index (κ2) is 13.2. The van der Waals surface area contributed by atoms with Gasteiger partial charge in [-0.2, -0.15) is 0 Å². The highest BCUT2D eigenvalue weighted by molar-refractivity contribution is 6.95. The van der Waals surface area contributed by atoms with Gasteiger partial charge >= 0.3 is 0 Å². The zero-order valence-electron chi connectivity index (χ0n) is 33.0. The maximum absolute atomic E-state index is 6.53. The molecule has 0 atom stereocenters. The molecule has 0 radical (unpaired) electrons. The predicted octanol–water partition coefficient (Wildman–Crippen LogP) is 10.7. The van der Waals surface area contributed by atoms with Gasteiger partial charge in [-0.25, -0.2) is 0 Å². The molecule has 3 aliphatic heterocycles. The number of benzene rings is 4. The van der Waals surface area contributed by atoms with Crippen LogP contribution in [-0.2, 0) is 25.7 Å². The van der Waals surface area contributed by atoms with Gasteiger partial charge in [-0.15, -0.1) is 0 Å². The molecule has 0 fully saturated rings. The molecule has 0 saturated carbocycles. The number of anilines is 5. The minimum atomic E-state index is -0.0264. The van der Waals surface area contributed by atoms with E-state index in [1.807, 2.05) is 0 Å². The lowest BCUT2D eigenvalue weighted by Crippen LogP contribution is -2.56. The van der Waals surface area contributed by atoms with Crippen LogP contribution in [0.15, 0.2) is 115 Å². The van der Waals surface area contributed by atoms with Gasteiger partial charge in [0.1, 0.15) is 5.76 Å². The number of fused-ring (bicyclic) bond motifs is 3. The molecule has 4 nitrogen and oxygen atoms in total. The number of hydrogen-bond acceptors (Lipinski definition) is 4. The molecule has 0 aromatic heterocycles. The summed E-state index contributed by atoms with van der Waals surface area (Å²) in [6.07, 6.45) is 5.12. The van der Waals surface area contributed by atoms with E-state index in [4.69, 9.17) is 9.47 Å².